The summed E-state index contributed by atoms with van der Waals surface area (Å²) >= 11 is 0. The number of alkyl carbamates (subject to hydrolysis) is 1. The molecule has 1 aromatic carbocycles. The summed E-state index contributed by atoms with van der Waals surface area (Å²) in [6.07, 6.45) is 1.73. The molecule has 1 aromatic rings. The van der Waals surface area contributed by atoms with E-state index < -0.39 is 46.9 Å². The van der Waals surface area contributed by atoms with Gasteiger partial charge in [0.2, 0.25) is 0 Å². The van der Waals surface area contributed by atoms with Crippen molar-refractivity contribution < 1.29 is 43.2 Å². The van der Waals surface area contributed by atoms with Gasteiger partial charge >= 0.3 is 18.0 Å². The van der Waals surface area contributed by atoms with Crippen LogP contribution < -0.4 is 14.8 Å². The maximum Gasteiger partial charge on any atom is 0.407 e. The van der Waals surface area contributed by atoms with Crippen molar-refractivity contribution >= 4 is 18.0 Å². The molecule has 1 spiro atoms. The quantitative estimate of drug-likeness (QED) is 0.381. The fraction of sp³-hybridized carbons (Fsp3) is 0.633. The second kappa shape index (κ2) is 9.98. The van der Waals surface area contributed by atoms with Crippen molar-refractivity contribution in [1.82, 2.24) is 5.32 Å². The van der Waals surface area contributed by atoms with Gasteiger partial charge in [-0.1, -0.05) is 13.0 Å². The van der Waals surface area contributed by atoms with E-state index in [4.69, 9.17) is 23.7 Å². The highest BCUT2D eigenvalue weighted by Gasteiger charge is 2.72. The molecule has 0 radical (unpaired) electrons. The molecule has 1 fully saturated rings. The Morgan fingerprint density at radius 3 is 2.70 bits per heavy atom. The Balaban J connectivity index is 1.29. The first-order chi connectivity index (χ1) is 18.8. The molecule has 6 atom stereocenters. The van der Waals surface area contributed by atoms with E-state index in [1.807, 2.05) is 6.07 Å². The lowest BCUT2D eigenvalue weighted by Crippen LogP contribution is -2.69. The number of rotatable bonds is 7. The zero-order valence-corrected chi connectivity index (χ0v) is 24.0. The Bertz CT molecular complexity index is 1250. The fourth-order valence-electron chi connectivity index (χ4n) is 7.05. The number of hydrogen-bond acceptors (Lipinski definition) is 9. The summed E-state index contributed by atoms with van der Waals surface area (Å²) in [5, 5.41) is 14.8. The number of carbonyl (C=O) groups is 3. The van der Waals surface area contributed by atoms with E-state index >= 15 is 0 Å². The standard InChI is InChI=1S/C30H39NO9/c1-16-9-12-29-23-18-7-8-20(36-6)24(23)39-25(29)21(10-13-30(29,35)19(16)15-18)38-26(33)17(2)37-22(32)11-14-31-27(34)40-28(3,4)5/h7-8,10,16-17,19,25,35H,9,11-15H2,1-6H3,(H,31,34)/t16?,17-,19-,25-,29-,30+/m0/s1. The summed E-state index contributed by atoms with van der Waals surface area (Å²) in [4.78, 5) is 37.1. The van der Waals surface area contributed by atoms with Crippen molar-refractivity contribution in [3.8, 4) is 11.5 Å². The van der Waals surface area contributed by atoms with Gasteiger partial charge in [-0.25, -0.2) is 9.59 Å². The summed E-state index contributed by atoms with van der Waals surface area (Å²) in [5.41, 5.74) is -0.373. The van der Waals surface area contributed by atoms with Gasteiger partial charge in [0.25, 0.3) is 0 Å². The number of hydrogen-bond donors (Lipinski definition) is 2. The van der Waals surface area contributed by atoms with E-state index in [1.165, 1.54) is 6.92 Å². The van der Waals surface area contributed by atoms with Gasteiger partial charge in [0.05, 0.1) is 24.5 Å². The van der Waals surface area contributed by atoms with Gasteiger partial charge in [-0.3, -0.25) is 4.79 Å². The van der Waals surface area contributed by atoms with Crippen LogP contribution in [0, 0.1) is 11.8 Å². The molecule has 1 aliphatic heterocycles. The zero-order chi connectivity index (χ0) is 29.0. The number of ether oxygens (including phenoxy) is 5. The van der Waals surface area contributed by atoms with Crippen LogP contribution >= 0.6 is 0 Å². The molecule has 218 valence electrons. The molecule has 5 rings (SSSR count). The molecule has 0 saturated heterocycles. The third-order valence-electron chi connectivity index (χ3n) is 8.79. The van der Waals surface area contributed by atoms with Gasteiger partial charge in [-0.2, -0.15) is 0 Å². The molecule has 0 aromatic heterocycles. The average molecular weight is 558 g/mol. The van der Waals surface area contributed by atoms with Gasteiger partial charge in [0, 0.05) is 12.1 Å². The first kappa shape index (κ1) is 28.3. The van der Waals surface area contributed by atoms with Crippen molar-refractivity contribution in [1.29, 1.82) is 0 Å². The van der Waals surface area contributed by atoms with E-state index in [0.29, 0.717) is 36.0 Å². The molecule has 10 nitrogen and oxygen atoms in total. The normalized spacial score (nSPS) is 30.2. The van der Waals surface area contributed by atoms with Crippen molar-refractivity contribution in [2.75, 3.05) is 13.7 Å². The van der Waals surface area contributed by atoms with Crippen LogP contribution in [0.5, 0.6) is 11.5 Å². The Labute approximate surface area is 234 Å². The summed E-state index contributed by atoms with van der Waals surface area (Å²) in [6, 6.07) is 3.94. The minimum absolute atomic E-state index is 0.000300. The highest BCUT2D eigenvalue weighted by molar-refractivity contribution is 5.80. The lowest BCUT2D eigenvalue weighted by Gasteiger charge is -2.61. The number of esters is 2. The predicted molar refractivity (Wildman–Crippen MR) is 143 cm³/mol. The van der Waals surface area contributed by atoms with E-state index in [1.54, 1.807) is 34.0 Å². The van der Waals surface area contributed by atoms with Crippen LogP contribution in [-0.4, -0.2) is 60.2 Å². The van der Waals surface area contributed by atoms with Crippen LogP contribution in [0.4, 0.5) is 4.79 Å². The molecule has 4 aliphatic rings. The Kier molecular flexibility index (Phi) is 7.05. The summed E-state index contributed by atoms with van der Waals surface area (Å²) < 4.78 is 28.3. The van der Waals surface area contributed by atoms with E-state index in [9.17, 15) is 19.5 Å². The lowest BCUT2D eigenvalue weighted by atomic mass is 9.45. The first-order valence-electron chi connectivity index (χ1n) is 14.0. The maximum absolute atomic E-state index is 13.1. The molecule has 1 saturated carbocycles. The van der Waals surface area contributed by atoms with Crippen LogP contribution in [0.15, 0.2) is 24.0 Å². The largest absolute Gasteiger partial charge is 0.493 e. The minimum atomic E-state index is -1.19. The number of aliphatic hydroxyl groups is 1. The highest BCUT2D eigenvalue weighted by Crippen LogP contribution is 2.68. The molecule has 1 heterocycles. The van der Waals surface area contributed by atoms with Gasteiger partial charge in [-0.05, 0) is 82.9 Å². The molecular formula is C30H39NO9. The van der Waals surface area contributed by atoms with E-state index in [-0.39, 0.29) is 18.9 Å². The van der Waals surface area contributed by atoms with Gasteiger partial charge in [-0.15, -0.1) is 0 Å². The number of benzene rings is 1. The molecule has 3 aliphatic carbocycles. The predicted octanol–water partition coefficient (Wildman–Crippen LogP) is 3.70. The van der Waals surface area contributed by atoms with Crippen LogP contribution in [0.1, 0.15) is 71.4 Å². The Morgan fingerprint density at radius 1 is 1.25 bits per heavy atom. The smallest absolute Gasteiger partial charge is 0.407 e. The SMILES string of the molecule is COc1ccc2c3c1O[C@H]1C(OC(=O)[C@H](C)OC(=O)CCNC(=O)OC(C)(C)C)=CC[C@@]4(O)[C@@H](C2)C(C)CC[C@]314. The second-order valence-corrected chi connectivity index (χ2v) is 12.4. The second-order valence-electron chi connectivity index (χ2n) is 12.4. The minimum Gasteiger partial charge on any atom is -0.493 e. The van der Waals surface area contributed by atoms with Crippen LogP contribution in [-0.2, 0) is 35.6 Å². The van der Waals surface area contributed by atoms with Gasteiger partial charge in [0.1, 0.15) is 11.4 Å². The van der Waals surface area contributed by atoms with Crippen molar-refractivity contribution in [2.24, 2.45) is 11.8 Å². The highest BCUT2D eigenvalue weighted by atomic mass is 16.6. The number of amides is 1. The van der Waals surface area contributed by atoms with Crippen molar-refractivity contribution in [3.05, 3.63) is 35.1 Å². The van der Waals surface area contributed by atoms with Crippen molar-refractivity contribution in [2.45, 2.75) is 95.5 Å². The molecule has 1 unspecified atom stereocenters. The van der Waals surface area contributed by atoms with Gasteiger partial charge < -0.3 is 34.1 Å². The zero-order valence-electron chi connectivity index (χ0n) is 24.0. The third kappa shape index (κ3) is 4.50. The fourth-order valence-corrected chi connectivity index (χ4v) is 7.05. The Hall–Kier alpha value is -3.27. The topological polar surface area (TPSA) is 130 Å². The summed E-state index contributed by atoms with van der Waals surface area (Å²) in [6.45, 7) is 8.84. The van der Waals surface area contributed by atoms with E-state index in [0.717, 1.165) is 24.0 Å². The summed E-state index contributed by atoms with van der Waals surface area (Å²) in [7, 11) is 1.58. The van der Waals surface area contributed by atoms with E-state index in [2.05, 4.69) is 18.3 Å². The van der Waals surface area contributed by atoms with Crippen LogP contribution in [0.3, 0.4) is 0 Å². The average Bonchev–Trinajstić information content (AvgIpc) is 3.22. The summed E-state index contributed by atoms with van der Waals surface area (Å²) in [5.74, 6) is 0.445. The number of nitrogens with one attached hydrogen (secondary N) is 1. The molecular weight excluding hydrogens is 518 g/mol. The Morgan fingerprint density at radius 2 is 2.00 bits per heavy atom. The van der Waals surface area contributed by atoms with Crippen LogP contribution in [0.25, 0.3) is 0 Å². The van der Waals surface area contributed by atoms with Crippen molar-refractivity contribution in [3.63, 3.8) is 0 Å². The molecule has 40 heavy (non-hydrogen) atoms. The lowest BCUT2D eigenvalue weighted by molar-refractivity contribution is -0.176. The monoisotopic (exact) mass is 557 g/mol. The van der Waals surface area contributed by atoms with Crippen LogP contribution in [0.2, 0.25) is 0 Å². The molecule has 1 amide bonds. The molecule has 2 N–H and O–H groups in total. The number of carbonyl (C=O) groups excluding carboxylic acids is 3. The first-order valence-corrected chi connectivity index (χ1v) is 14.0. The third-order valence-corrected chi connectivity index (χ3v) is 8.79. The molecule has 2 bridgehead atoms. The maximum atomic E-state index is 13.1. The molecule has 10 heteroatoms. The van der Waals surface area contributed by atoms with Gasteiger partial charge in [0.15, 0.2) is 23.7 Å². The number of methoxy groups -OCH3 is 1.